The van der Waals surface area contributed by atoms with Crippen molar-refractivity contribution in [2.45, 2.75) is 31.2 Å². The molecule has 0 spiro atoms. The third-order valence-electron chi connectivity index (χ3n) is 5.29. The van der Waals surface area contributed by atoms with Crippen LogP contribution in [0.5, 0.6) is 5.75 Å². The second-order valence-corrected chi connectivity index (χ2v) is 7.59. The van der Waals surface area contributed by atoms with E-state index in [4.69, 9.17) is 4.74 Å². The van der Waals surface area contributed by atoms with Crippen LogP contribution in [0.25, 0.3) is 5.69 Å². The van der Waals surface area contributed by atoms with Crippen molar-refractivity contribution in [2.75, 3.05) is 0 Å². The van der Waals surface area contributed by atoms with Gasteiger partial charge >= 0.3 is 0 Å². The van der Waals surface area contributed by atoms with Crippen LogP contribution in [0.2, 0.25) is 0 Å². The SMILES string of the molecule is CC1(C)Oc2ccc([N+](=O)[O-])cc2C(c2ccc(=O)n(-c3ccccc3)n2)C1(O)O. The third-order valence-corrected chi connectivity index (χ3v) is 5.29. The molecule has 30 heavy (non-hydrogen) atoms. The van der Waals surface area contributed by atoms with Crippen molar-refractivity contribution < 1.29 is 19.9 Å². The van der Waals surface area contributed by atoms with E-state index < -0.39 is 27.8 Å². The minimum atomic E-state index is -2.47. The van der Waals surface area contributed by atoms with Crippen LogP contribution in [0.3, 0.4) is 0 Å². The summed E-state index contributed by atoms with van der Waals surface area (Å²) in [4.78, 5) is 23.1. The average Bonchev–Trinajstić information content (AvgIpc) is 2.70. The minimum Gasteiger partial charge on any atom is -0.482 e. The van der Waals surface area contributed by atoms with Gasteiger partial charge in [-0.2, -0.15) is 9.78 Å². The standard InChI is InChI=1S/C21H19N3O6/c1-20(2)21(26,27)19(15-12-14(24(28)29)8-10-17(15)30-20)16-9-11-18(25)23(22-16)13-6-4-3-5-7-13/h3-12,19,26-27H,1-2H3. The zero-order chi connectivity index (χ0) is 21.7. The van der Waals surface area contributed by atoms with Gasteiger partial charge in [0, 0.05) is 23.8 Å². The molecule has 0 amide bonds. The zero-order valence-electron chi connectivity index (χ0n) is 16.2. The number of aromatic nitrogens is 2. The fourth-order valence-electron chi connectivity index (χ4n) is 3.58. The van der Waals surface area contributed by atoms with Crippen molar-refractivity contribution >= 4 is 5.69 Å². The van der Waals surface area contributed by atoms with Crippen molar-refractivity contribution in [3.8, 4) is 11.4 Å². The number of ether oxygens (including phenoxy) is 1. The van der Waals surface area contributed by atoms with Crippen molar-refractivity contribution in [2.24, 2.45) is 0 Å². The fraction of sp³-hybridized carbons (Fsp3) is 0.238. The minimum absolute atomic E-state index is 0.154. The Morgan fingerprint density at radius 3 is 2.47 bits per heavy atom. The number of hydrogen-bond donors (Lipinski definition) is 2. The van der Waals surface area contributed by atoms with Gasteiger partial charge in [-0.05, 0) is 38.1 Å². The van der Waals surface area contributed by atoms with Gasteiger partial charge < -0.3 is 14.9 Å². The van der Waals surface area contributed by atoms with Crippen LogP contribution < -0.4 is 10.3 Å². The number of para-hydroxylation sites is 1. The van der Waals surface area contributed by atoms with E-state index in [0.717, 1.165) is 4.68 Å². The highest BCUT2D eigenvalue weighted by molar-refractivity contribution is 5.51. The molecule has 4 rings (SSSR count). The first-order chi connectivity index (χ1) is 14.1. The molecule has 0 saturated carbocycles. The van der Waals surface area contributed by atoms with Gasteiger partial charge in [-0.1, -0.05) is 18.2 Å². The largest absolute Gasteiger partial charge is 0.482 e. The first-order valence-corrected chi connectivity index (χ1v) is 9.19. The molecular formula is C21H19N3O6. The van der Waals surface area contributed by atoms with Crippen LogP contribution in [-0.2, 0) is 0 Å². The van der Waals surface area contributed by atoms with Crippen molar-refractivity contribution in [1.29, 1.82) is 0 Å². The van der Waals surface area contributed by atoms with E-state index in [-0.39, 0.29) is 22.7 Å². The van der Waals surface area contributed by atoms with E-state index in [2.05, 4.69) is 5.10 Å². The predicted molar refractivity (Wildman–Crippen MR) is 107 cm³/mol. The van der Waals surface area contributed by atoms with Gasteiger partial charge in [-0.15, -0.1) is 0 Å². The number of non-ortho nitro benzene ring substituents is 1. The number of nitrogens with zero attached hydrogens (tertiary/aromatic N) is 3. The van der Waals surface area contributed by atoms with Crippen LogP contribution in [0.4, 0.5) is 5.69 Å². The smallest absolute Gasteiger partial charge is 0.271 e. The fourth-order valence-corrected chi connectivity index (χ4v) is 3.58. The summed E-state index contributed by atoms with van der Waals surface area (Å²) in [7, 11) is 0. The van der Waals surface area contributed by atoms with E-state index >= 15 is 0 Å². The van der Waals surface area contributed by atoms with Gasteiger partial charge in [0.05, 0.1) is 22.2 Å². The molecule has 2 aromatic carbocycles. The lowest BCUT2D eigenvalue weighted by Gasteiger charge is -2.47. The summed E-state index contributed by atoms with van der Waals surface area (Å²) in [6, 6.07) is 15.3. The Labute approximate surface area is 170 Å². The number of nitro benzene ring substituents is 1. The Hall–Kier alpha value is -3.56. The number of hydrogen-bond acceptors (Lipinski definition) is 7. The van der Waals surface area contributed by atoms with Gasteiger partial charge in [0.1, 0.15) is 5.75 Å². The quantitative estimate of drug-likeness (QED) is 0.385. The zero-order valence-corrected chi connectivity index (χ0v) is 16.2. The number of rotatable bonds is 3. The number of nitro groups is 1. The molecule has 9 nitrogen and oxygen atoms in total. The summed E-state index contributed by atoms with van der Waals surface area (Å²) in [5.74, 6) is -3.40. The van der Waals surface area contributed by atoms with Crippen molar-refractivity contribution in [1.82, 2.24) is 9.78 Å². The highest BCUT2D eigenvalue weighted by Gasteiger charge is 2.56. The van der Waals surface area contributed by atoms with Gasteiger partial charge in [-0.25, -0.2) is 0 Å². The molecule has 154 valence electrons. The summed E-state index contributed by atoms with van der Waals surface area (Å²) in [5.41, 5.74) is -1.25. The lowest BCUT2D eigenvalue weighted by molar-refractivity contribution is -0.385. The second-order valence-electron chi connectivity index (χ2n) is 7.59. The molecule has 2 heterocycles. The maximum Gasteiger partial charge on any atom is 0.271 e. The van der Waals surface area contributed by atoms with Crippen LogP contribution in [-0.4, -0.2) is 36.3 Å². The molecule has 0 fully saturated rings. The molecule has 0 saturated heterocycles. The number of benzene rings is 2. The molecule has 9 heteroatoms. The van der Waals surface area contributed by atoms with Crippen molar-refractivity contribution in [3.63, 3.8) is 0 Å². The first kappa shape index (κ1) is 19.7. The highest BCUT2D eigenvalue weighted by Crippen LogP contribution is 2.49. The molecule has 0 aliphatic carbocycles. The van der Waals surface area contributed by atoms with Crippen molar-refractivity contribution in [3.05, 3.63) is 92.4 Å². The van der Waals surface area contributed by atoms with Gasteiger partial charge in [0.25, 0.3) is 11.2 Å². The number of aliphatic hydroxyl groups is 2. The maximum absolute atomic E-state index is 12.4. The van der Waals surface area contributed by atoms with E-state index in [1.807, 2.05) is 0 Å². The van der Waals surface area contributed by atoms with Crippen LogP contribution >= 0.6 is 0 Å². The van der Waals surface area contributed by atoms with Crippen LogP contribution in [0.15, 0.2) is 65.5 Å². The van der Waals surface area contributed by atoms with Gasteiger partial charge in [0.2, 0.25) is 5.79 Å². The molecule has 1 aromatic heterocycles. The molecule has 1 atom stereocenters. The molecule has 1 aliphatic rings. The maximum atomic E-state index is 12.4. The topological polar surface area (TPSA) is 128 Å². The normalized spacial score (nSPS) is 18.9. The van der Waals surface area contributed by atoms with Gasteiger partial charge in [0.15, 0.2) is 5.60 Å². The molecule has 2 N–H and O–H groups in total. The molecule has 0 bridgehead atoms. The summed E-state index contributed by atoms with van der Waals surface area (Å²) in [6.07, 6.45) is 0. The molecule has 1 unspecified atom stereocenters. The summed E-state index contributed by atoms with van der Waals surface area (Å²) < 4.78 is 6.88. The van der Waals surface area contributed by atoms with E-state index in [1.54, 1.807) is 30.3 Å². The molecular weight excluding hydrogens is 390 g/mol. The highest BCUT2D eigenvalue weighted by atomic mass is 16.6. The Morgan fingerprint density at radius 1 is 1.10 bits per heavy atom. The van der Waals surface area contributed by atoms with E-state index in [1.165, 1.54) is 44.2 Å². The third kappa shape index (κ3) is 3.04. The Kier molecular flexibility index (Phi) is 4.44. The van der Waals surface area contributed by atoms with Crippen LogP contribution in [0.1, 0.15) is 31.0 Å². The van der Waals surface area contributed by atoms with E-state index in [9.17, 15) is 25.1 Å². The summed E-state index contributed by atoms with van der Waals surface area (Å²) in [5, 5.41) is 37.8. The first-order valence-electron chi connectivity index (χ1n) is 9.19. The Bertz CT molecular complexity index is 1190. The summed E-state index contributed by atoms with van der Waals surface area (Å²) >= 11 is 0. The van der Waals surface area contributed by atoms with Gasteiger partial charge in [-0.3, -0.25) is 14.9 Å². The predicted octanol–water partition coefficient (Wildman–Crippen LogP) is 2.12. The lowest BCUT2D eigenvalue weighted by atomic mass is 9.76. The lowest BCUT2D eigenvalue weighted by Crippen LogP contribution is -2.60. The van der Waals surface area contributed by atoms with Crippen LogP contribution in [0, 0.1) is 10.1 Å². The Morgan fingerprint density at radius 2 is 1.80 bits per heavy atom. The average molecular weight is 409 g/mol. The monoisotopic (exact) mass is 409 g/mol. The molecule has 0 radical (unpaired) electrons. The molecule has 3 aromatic rings. The summed E-state index contributed by atoms with van der Waals surface area (Å²) in [6.45, 7) is 3.00. The molecule has 1 aliphatic heterocycles. The Balaban J connectivity index is 1.96. The number of fused-ring (bicyclic) bond motifs is 1. The van der Waals surface area contributed by atoms with E-state index in [0.29, 0.717) is 5.69 Å². The second kappa shape index (κ2) is 6.75.